The number of nitrogens with two attached hydrogens (primary N) is 1. The van der Waals surface area contributed by atoms with Gasteiger partial charge in [-0.15, -0.1) is 13.2 Å². The summed E-state index contributed by atoms with van der Waals surface area (Å²) >= 11 is 0. The van der Waals surface area contributed by atoms with Crippen molar-refractivity contribution in [3.8, 4) is 23.0 Å². The maximum absolute atomic E-state index is 14.8. The minimum Gasteiger partial charge on any atom is -0.493 e. The van der Waals surface area contributed by atoms with Crippen molar-refractivity contribution in [1.29, 1.82) is 0 Å². The zero-order chi connectivity index (χ0) is 27.5. The van der Waals surface area contributed by atoms with Gasteiger partial charge in [0.15, 0.2) is 11.5 Å². The average Bonchev–Trinajstić information content (AvgIpc) is 2.78. The molecule has 0 saturated heterocycles. The van der Waals surface area contributed by atoms with Gasteiger partial charge in [0.05, 0.1) is 24.6 Å². The van der Waals surface area contributed by atoms with Gasteiger partial charge < -0.3 is 25.3 Å². The van der Waals surface area contributed by atoms with Crippen molar-refractivity contribution in [3.05, 3.63) is 71.3 Å². The molecule has 3 aromatic rings. The zero-order valence-corrected chi connectivity index (χ0v) is 18.3. The summed E-state index contributed by atoms with van der Waals surface area (Å²) in [5, 5.41) is 2.18. The Morgan fingerprint density at radius 1 is 0.946 bits per heavy atom. The van der Waals surface area contributed by atoms with Crippen LogP contribution in [-0.2, 0) is 6.18 Å². The van der Waals surface area contributed by atoms with Crippen LogP contribution in [0.1, 0.15) is 26.4 Å². The number of hydrogen-bond acceptors (Lipinski definition) is 6. The van der Waals surface area contributed by atoms with Gasteiger partial charge in [-0.25, -0.2) is 9.37 Å². The monoisotopic (exact) mass is 533 g/mol. The summed E-state index contributed by atoms with van der Waals surface area (Å²) in [7, 11) is 1.02. The maximum atomic E-state index is 14.8. The third-order valence-electron chi connectivity index (χ3n) is 4.47. The van der Waals surface area contributed by atoms with Gasteiger partial charge in [-0.3, -0.25) is 9.59 Å². The van der Waals surface area contributed by atoms with Gasteiger partial charge >= 0.3 is 12.5 Å². The van der Waals surface area contributed by atoms with E-state index in [0.717, 1.165) is 37.6 Å². The highest BCUT2D eigenvalue weighted by Gasteiger charge is 2.35. The first-order valence-corrected chi connectivity index (χ1v) is 9.77. The Balaban J connectivity index is 2.03. The lowest BCUT2D eigenvalue weighted by molar-refractivity contribution is -0.274. The molecule has 1 heterocycles. The smallest absolute Gasteiger partial charge is 0.493 e. The van der Waals surface area contributed by atoms with Crippen LogP contribution in [-0.4, -0.2) is 30.3 Å². The van der Waals surface area contributed by atoms with Gasteiger partial charge in [0.1, 0.15) is 28.6 Å². The summed E-state index contributed by atoms with van der Waals surface area (Å²) in [6.07, 6.45) is -9.10. The third-order valence-corrected chi connectivity index (χ3v) is 4.47. The molecule has 0 unspecified atom stereocenters. The summed E-state index contributed by atoms with van der Waals surface area (Å²) in [6.45, 7) is 0. The molecular weight excluding hydrogens is 519 g/mol. The van der Waals surface area contributed by atoms with Crippen LogP contribution in [0.25, 0.3) is 0 Å². The number of benzene rings is 2. The summed E-state index contributed by atoms with van der Waals surface area (Å²) in [5.41, 5.74) is 2.33. The van der Waals surface area contributed by atoms with E-state index in [9.17, 15) is 40.3 Å². The van der Waals surface area contributed by atoms with E-state index in [2.05, 4.69) is 15.0 Å². The molecule has 196 valence electrons. The molecule has 0 radical (unpaired) electrons. The Bertz CT molecular complexity index is 1330. The van der Waals surface area contributed by atoms with E-state index < -0.39 is 64.3 Å². The molecular formula is C22H14F7N3O5. The molecule has 3 N–H and O–H groups in total. The number of nitrogens with one attached hydrogen (secondary N) is 1. The molecule has 8 nitrogen and oxygen atoms in total. The third kappa shape index (κ3) is 6.77. The van der Waals surface area contributed by atoms with Crippen molar-refractivity contribution in [2.45, 2.75) is 12.5 Å². The van der Waals surface area contributed by atoms with Gasteiger partial charge in [-0.05, 0) is 36.4 Å². The first kappa shape index (κ1) is 27.0. The maximum Gasteiger partial charge on any atom is 0.573 e. The fourth-order valence-electron chi connectivity index (χ4n) is 2.90. The second kappa shape index (κ2) is 10.2. The highest BCUT2D eigenvalue weighted by molar-refractivity contribution is 6.06. The standard InChI is InChI=1S/C22H14F7N3O5/c1-35-16-8-12(37-22(27,28)29)3-5-15(16)36-17-7-10(21(24,25)26)6-13(23)18(17)20(34)32-11-2-4-14(19(30)33)31-9-11/h2-9H,1H3,(H2,30,33)(H,32,34). The number of amides is 2. The topological polar surface area (TPSA) is 113 Å². The summed E-state index contributed by atoms with van der Waals surface area (Å²) < 4.78 is 106. The molecule has 0 atom stereocenters. The highest BCUT2D eigenvalue weighted by atomic mass is 19.4. The van der Waals surface area contributed by atoms with Crippen LogP contribution >= 0.6 is 0 Å². The van der Waals surface area contributed by atoms with Gasteiger partial charge in [0.25, 0.3) is 11.8 Å². The van der Waals surface area contributed by atoms with E-state index in [0.29, 0.717) is 6.07 Å². The molecule has 37 heavy (non-hydrogen) atoms. The SMILES string of the molecule is COc1cc(OC(F)(F)F)ccc1Oc1cc(C(F)(F)F)cc(F)c1C(=O)Nc1ccc(C(N)=O)nc1. The first-order chi connectivity index (χ1) is 17.2. The van der Waals surface area contributed by atoms with Crippen molar-refractivity contribution >= 4 is 17.5 Å². The largest absolute Gasteiger partial charge is 0.573 e. The minimum absolute atomic E-state index is 0.0632. The van der Waals surface area contributed by atoms with Crippen LogP contribution in [0, 0.1) is 5.82 Å². The van der Waals surface area contributed by atoms with Gasteiger partial charge in [-0.2, -0.15) is 13.2 Å². The van der Waals surface area contributed by atoms with E-state index in [-0.39, 0.29) is 17.4 Å². The predicted octanol–water partition coefficient (Wildman–Crippen LogP) is 5.29. The Morgan fingerprint density at radius 3 is 2.19 bits per heavy atom. The molecule has 0 spiro atoms. The summed E-state index contributed by atoms with van der Waals surface area (Å²) in [5.74, 6) is -6.34. The second-order valence-electron chi connectivity index (χ2n) is 7.04. The van der Waals surface area contributed by atoms with Crippen molar-refractivity contribution in [2.24, 2.45) is 5.73 Å². The van der Waals surface area contributed by atoms with Crippen molar-refractivity contribution in [1.82, 2.24) is 4.98 Å². The molecule has 0 bridgehead atoms. The van der Waals surface area contributed by atoms with Gasteiger partial charge in [0, 0.05) is 6.07 Å². The van der Waals surface area contributed by atoms with E-state index in [1.54, 1.807) is 0 Å². The van der Waals surface area contributed by atoms with E-state index in [1.165, 1.54) is 6.07 Å². The number of carbonyl (C=O) groups excluding carboxylic acids is 2. The lowest BCUT2D eigenvalue weighted by atomic mass is 10.1. The molecule has 0 saturated carbocycles. The Hall–Kier alpha value is -4.56. The molecule has 15 heteroatoms. The van der Waals surface area contributed by atoms with Crippen LogP contribution in [0.4, 0.5) is 36.4 Å². The quantitative estimate of drug-likeness (QED) is 0.399. The van der Waals surface area contributed by atoms with Crippen molar-refractivity contribution in [3.63, 3.8) is 0 Å². The molecule has 0 aliphatic rings. The minimum atomic E-state index is -5.05. The van der Waals surface area contributed by atoms with Crippen LogP contribution < -0.4 is 25.3 Å². The number of pyridine rings is 1. The number of halogens is 7. The highest BCUT2D eigenvalue weighted by Crippen LogP contribution is 2.40. The van der Waals surface area contributed by atoms with E-state index in [1.807, 2.05) is 0 Å². The number of anilines is 1. The van der Waals surface area contributed by atoms with E-state index in [4.69, 9.17) is 15.2 Å². The number of alkyl halides is 6. The molecule has 1 aromatic heterocycles. The van der Waals surface area contributed by atoms with Gasteiger partial charge in [-0.1, -0.05) is 0 Å². The predicted molar refractivity (Wildman–Crippen MR) is 112 cm³/mol. The van der Waals surface area contributed by atoms with Crippen LogP contribution in [0.2, 0.25) is 0 Å². The number of nitrogens with zero attached hydrogens (tertiary/aromatic N) is 1. The number of carbonyl (C=O) groups is 2. The fourth-order valence-corrected chi connectivity index (χ4v) is 2.90. The Labute approximate surface area is 202 Å². The van der Waals surface area contributed by atoms with Crippen LogP contribution in [0.15, 0.2) is 48.7 Å². The molecule has 0 fully saturated rings. The molecule has 0 aliphatic carbocycles. The van der Waals surface area contributed by atoms with Crippen LogP contribution in [0.3, 0.4) is 0 Å². The molecule has 2 amide bonds. The van der Waals surface area contributed by atoms with Crippen LogP contribution in [0.5, 0.6) is 23.0 Å². The lowest BCUT2D eigenvalue weighted by Crippen LogP contribution is -2.18. The number of methoxy groups -OCH3 is 1. The first-order valence-electron chi connectivity index (χ1n) is 9.77. The van der Waals surface area contributed by atoms with E-state index >= 15 is 0 Å². The Kier molecular flexibility index (Phi) is 7.45. The summed E-state index contributed by atoms with van der Waals surface area (Å²) in [6, 6.07) is 5.04. The molecule has 0 aliphatic heterocycles. The normalized spacial score (nSPS) is 11.6. The zero-order valence-electron chi connectivity index (χ0n) is 18.3. The number of ether oxygens (including phenoxy) is 3. The summed E-state index contributed by atoms with van der Waals surface area (Å²) in [4.78, 5) is 27.6. The van der Waals surface area contributed by atoms with Crippen molar-refractivity contribution < 1.29 is 54.5 Å². The average molecular weight is 533 g/mol. The Morgan fingerprint density at radius 2 is 1.65 bits per heavy atom. The molecule has 2 aromatic carbocycles. The van der Waals surface area contributed by atoms with Gasteiger partial charge in [0.2, 0.25) is 0 Å². The number of hydrogen-bond donors (Lipinski definition) is 2. The van der Waals surface area contributed by atoms with Crippen molar-refractivity contribution in [2.75, 3.05) is 12.4 Å². The lowest BCUT2D eigenvalue weighted by Gasteiger charge is -2.17. The fraction of sp³-hybridized carbons (Fsp3) is 0.136. The molecule has 3 rings (SSSR count). The second-order valence-corrected chi connectivity index (χ2v) is 7.04. The number of primary amides is 1. The number of aromatic nitrogens is 1. The number of rotatable bonds is 7.